The summed E-state index contributed by atoms with van der Waals surface area (Å²) in [6.45, 7) is 0. The summed E-state index contributed by atoms with van der Waals surface area (Å²) in [6, 6.07) is 0. The maximum absolute atomic E-state index is 11.1. The highest BCUT2D eigenvalue weighted by molar-refractivity contribution is 5.85. The van der Waals surface area contributed by atoms with Gasteiger partial charge in [-0.2, -0.15) is 8.78 Å². The summed E-state index contributed by atoms with van der Waals surface area (Å²) in [5.74, 6) is -1.93. The van der Waals surface area contributed by atoms with Crippen LogP contribution >= 0.6 is 0 Å². The number of alkyl halides is 2. The summed E-state index contributed by atoms with van der Waals surface area (Å²) < 4.78 is 25.5. The van der Waals surface area contributed by atoms with Gasteiger partial charge < -0.3 is 10.5 Å². The molecule has 2 N–H and O–H groups in total. The van der Waals surface area contributed by atoms with Crippen molar-refractivity contribution in [3.8, 4) is 0 Å². The molecule has 9 heavy (non-hydrogen) atoms. The van der Waals surface area contributed by atoms with Gasteiger partial charge in [0, 0.05) is 0 Å². The summed E-state index contributed by atoms with van der Waals surface area (Å²) in [7, 11) is 0. The maximum atomic E-state index is 11.1. The second-order valence-corrected chi connectivity index (χ2v) is 1.04. The molecule has 0 aliphatic rings. The SMILES string of the molecule is NC(=O)OC(=O)C(F)F. The van der Waals surface area contributed by atoms with E-state index in [-0.39, 0.29) is 0 Å². The van der Waals surface area contributed by atoms with Gasteiger partial charge in [0.25, 0.3) is 0 Å². The quantitative estimate of drug-likeness (QED) is 0.406. The molecule has 0 spiro atoms. The van der Waals surface area contributed by atoms with E-state index in [1.165, 1.54) is 0 Å². The smallest absolute Gasteiger partial charge is 0.372 e. The monoisotopic (exact) mass is 139 g/mol. The minimum Gasteiger partial charge on any atom is -0.372 e. The van der Waals surface area contributed by atoms with Crippen LogP contribution < -0.4 is 5.73 Å². The van der Waals surface area contributed by atoms with Gasteiger partial charge in [0.2, 0.25) is 0 Å². The molecule has 1 amide bonds. The molecule has 0 rings (SSSR count). The lowest BCUT2D eigenvalue weighted by Gasteiger charge is -1.94. The van der Waals surface area contributed by atoms with E-state index in [2.05, 4.69) is 10.5 Å². The number of hydrogen-bond acceptors (Lipinski definition) is 3. The van der Waals surface area contributed by atoms with Crippen LogP contribution in [-0.2, 0) is 9.53 Å². The average molecular weight is 139 g/mol. The second-order valence-electron chi connectivity index (χ2n) is 1.04. The van der Waals surface area contributed by atoms with E-state index >= 15 is 0 Å². The molecule has 0 unspecified atom stereocenters. The first-order chi connectivity index (χ1) is 4.04. The zero-order valence-corrected chi connectivity index (χ0v) is 4.14. The Morgan fingerprint density at radius 2 is 1.89 bits per heavy atom. The van der Waals surface area contributed by atoms with Crippen LogP contribution in [0.4, 0.5) is 13.6 Å². The lowest BCUT2D eigenvalue weighted by Crippen LogP contribution is -2.23. The first kappa shape index (κ1) is 7.80. The normalized spacial score (nSPS) is 9.22. The number of primary amides is 1. The Hall–Kier alpha value is -1.20. The first-order valence-electron chi connectivity index (χ1n) is 1.83. The molecule has 0 radical (unpaired) electrons. The summed E-state index contributed by atoms with van der Waals surface area (Å²) >= 11 is 0. The van der Waals surface area contributed by atoms with Gasteiger partial charge in [0.1, 0.15) is 0 Å². The number of amides is 1. The fraction of sp³-hybridized carbons (Fsp3) is 0.333. The molecule has 0 bridgehead atoms. The van der Waals surface area contributed by atoms with Crippen molar-refractivity contribution < 1.29 is 23.1 Å². The third-order valence-electron chi connectivity index (χ3n) is 0.379. The molecule has 0 fully saturated rings. The Morgan fingerprint density at radius 1 is 1.44 bits per heavy atom. The fourth-order valence-corrected chi connectivity index (χ4v) is 0.144. The Balaban J connectivity index is 3.64. The van der Waals surface area contributed by atoms with E-state index in [0.717, 1.165) is 0 Å². The highest BCUT2D eigenvalue weighted by atomic mass is 19.3. The van der Waals surface area contributed by atoms with Crippen LogP contribution in [0, 0.1) is 0 Å². The Morgan fingerprint density at radius 3 is 2.00 bits per heavy atom. The van der Waals surface area contributed by atoms with Crippen molar-refractivity contribution >= 4 is 12.1 Å². The molecule has 0 saturated carbocycles. The minimum absolute atomic E-state index is 1.53. The van der Waals surface area contributed by atoms with Gasteiger partial charge in [0.05, 0.1) is 0 Å². The Bertz CT molecular complexity index is 135. The van der Waals surface area contributed by atoms with Crippen LogP contribution in [0.5, 0.6) is 0 Å². The van der Waals surface area contributed by atoms with Gasteiger partial charge in [0.15, 0.2) is 0 Å². The van der Waals surface area contributed by atoms with Crippen molar-refractivity contribution in [2.45, 2.75) is 6.43 Å². The molecule has 0 aliphatic carbocycles. The van der Waals surface area contributed by atoms with Gasteiger partial charge in [-0.25, -0.2) is 9.59 Å². The largest absolute Gasteiger partial charge is 0.412 e. The number of esters is 1. The second kappa shape index (κ2) is 2.95. The number of rotatable bonds is 1. The summed E-state index contributed by atoms with van der Waals surface area (Å²) in [5, 5.41) is 0. The van der Waals surface area contributed by atoms with Crippen LogP contribution in [0.3, 0.4) is 0 Å². The zero-order valence-electron chi connectivity index (χ0n) is 4.14. The lowest BCUT2D eigenvalue weighted by atomic mass is 10.7. The molecule has 0 aromatic rings. The highest BCUT2D eigenvalue weighted by Gasteiger charge is 2.18. The molecule has 0 saturated heterocycles. The van der Waals surface area contributed by atoms with E-state index in [1.807, 2.05) is 0 Å². The van der Waals surface area contributed by atoms with Gasteiger partial charge in [-0.1, -0.05) is 0 Å². The number of carbonyl (C=O) groups is 2. The maximum Gasteiger partial charge on any atom is 0.412 e. The number of hydrogen-bond donors (Lipinski definition) is 1. The van der Waals surface area contributed by atoms with Crippen molar-refractivity contribution in [1.82, 2.24) is 0 Å². The summed E-state index contributed by atoms with van der Waals surface area (Å²) in [5.41, 5.74) is 4.22. The Kier molecular flexibility index (Phi) is 2.56. The number of carbonyl (C=O) groups excluding carboxylic acids is 2. The third-order valence-corrected chi connectivity index (χ3v) is 0.379. The van der Waals surface area contributed by atoms with Crippen LogP contribution in [0.2, 0.25) is 0 Å². The summed E-state index contributed by atoms with van der Waals surface area (Å²) in [6.07, 6.45) is -4.84. The molecule has 0 atom stereocenters. The van der Waals surface area contributed by atoms with E-state index in [0.29, 0.717) is 0 Å². The van der Waals surface area contributed by atoms with Crippen molar-refractivity contribution in [1.29, 1.82) is 0 Å². The van der Waals surface area contributed by atoms with Crippen LogP contribution in [0.1, 0.15) is 0 Å². The van der Waals surface area contributed by atoms with Crippen molar-refractivity contribution in [2.24, 2.45) is 5.73 Å². The minimum atomic E-state index is -3.31. The predicted molar refractivity (Wildman–Crippen MR) is 21.7 cm³/mol. The van der Waals surface area contributed by atoms with Gasteiger partial charge in [-0.3, -0.25) is 0 Å². The van der Waals surface area contributed by atoms with E-state index in [9.17, 15) is 18.4 Å². The standard InChI is InChI=1S/C3H3F2NO3/c4-1(5)2(7)9-3(6)8/h1H,(H2,6,8). The molecular weight excluding hydrogens is 136 g/mol. The van der Waals surface area contributed by atoms with E-state index < -0.39 is 18.5 Å². The number of ether oxygens (including phenoxy) is 1. The third kappa shape index (κ3) is 3.39. The Labute approximate surface area is 48.6 Å². The van der Waals surface area contributed by atoms with E-state index in [4.69, 9.17) is 0 Å². The van der Waals surface area contributed by atoms with E-state index in [1.54, 1.807) is 0 Å². The number of halogens is 2. The molecule has 0 aromatic heterocycles. The molecule has 0 aliphatic heterocycles. The lowest BCUT2D eigenvalue weighted by molar-refractivity contribution is -0.149. The van der Waals surface area contributed by atoms with Gasteiger partial charge in [-0.15, -0.1) is 0 Å². The first-order valence-corrected chi connectivity index (χ1v) is 1.83. The highest BCUT2D eigenvalue weighted by Crippen LogP contribution is 1.94. The zero-order chi connectivity index (χ0) is 7.44. The van der Waals surface area contributed by atoms with Gasteiger partial charge in [-0.05, 0) is 0 Å². The van der Waals surface area contributed by atoms with Crippen LogP contribution in [-0.4, -0.2) is 18.5 Å². The predicted octanol–water partition coefficient (Wildman–Crippen LogP) is -0.127. The fourth-order valence-electron chi connectivity index (χ4n) is 0.144. The van der Waals surface area contributed by atoms with Gasteiger partial charge >= 0.3 is 18.5 Å². The molecular formula is C3H3F2NO3. The van der Waals surface area contributed by atoms with Crippen LogP contribution in [0.25, 0.3) is 0 Å². The van der Waals surface area contributed by atoms with Crippen molar-refractivity contribution in [3.63, 3.8) is 0 Å². The van der Waals surface area contributed by atoms with Crippen molar-refractivity contribution in [3.05, 3.63) is 0 Å². The number of nitrogens with two attached hydrogens (primary N) is 1. The molecule has 0 heterocycles. The molecule has 0 aromatic carbocycles. The summed E-state index contributed by atoms with van der Waals surface area (Å²) in [4.78, 5) is 19.2. The molecule has 4 nitrogen and oxygen atoms in total. The topological polar surface area (TPSA) is 69.4 Å². The van der Waals surface area contributed by atoms with Crippen molar-refractivity contribution in [2.75, 3.05) is 0 Å². The average Bonchev–Trinajstić information content (AvgIpc) is 1.63. The van der Waals surface area contributed by atoms with Crippen LogP contribution in [0.15, 0.2) is 0 Å². The molecule has 52 valence electrons. The molecule has 6 heteroatoms.